The first-order chi connectivity index (χ1) is 8.92. The molecular weight excluding hydrogens is 242 g/mol. The van der Waals surface area contributed by atoms with Gasteiger partial charge >= 0.3 is 0 Å². The van der Waals surface area contributed by atoms with E-state index in [-0.39, 0.29) is 17.9 Å². The SMILES string of the molecule is CC(C)C[C@]1(C)CC(=O)N(CC[C@@H]2CCCO2)C1=O. The molecule has 2 amide bonds. The lowest BCUT2D eigenvalue weighted by Crippen LogP contribution is -2.36. The van der Waals surface area contributed by atoms with E-state index in [0.717, 1.165) is 32.3 Å². The fourth-order valence-electron chi connectivity index (χ4n) is 3.38. The Balaban J connectivity index is 1.93. The summed E-state index contributed by atoms with van der Waals surface area (Å²) in [6.45, 7) is 7.46. The molecule has 2 aliphatic heterocycles. The van der Waals surface area contributed by atoms with Crippen LogP contribution in [0, 0.1) is 11.3 Å². The lowest BCUT2D eigenvalue weighted by Gasteiger charge is -2.24. The molecule has 0 aliphatic carbocycles. The minimum atomic E-state index is -0.484. The fraction of sp³-hybridized carbons (Fsp3) is 0.867. The summed E-state index contributed by atoms with van der Waals surface area (Å²) in [4.78, 5) is 26.0. The molecule has 108 valence electrons. The third-order valence-electron chi connectivity index (χ3n) is 4.16. The Bertz CT molecular complexity index is 360. The number of carbonyl (C=O) groups excluding carboxylic acids is 2. The normalized spacial score (nSPS) is 31.8. The fourth-order valence-corrected chi connectivity index (χ4v) is 3.38. The van der Waals surface area contributed by atoms with Crippen LogP contribution in [0.15, 0.2) is 0 Å². The zero-order valence-corrected chi connectivity index (χ0v) is 12.3. The van der Waals surface area contributed by atoms with Crippen molar-refractivity contribution in [3.05, 3.63) is 0 Å². The second-order valence-electron chi connectivity index (χ2n) is 6.61. The zero-order valence-electron chi connectivity index (χ0n) is 12.3. The first-order valence-corrected chi connectivity index (χ1v) is 7.39. The number of amides is 2. The monoisotopic (exact) mass is 267 g/mol. The second kappa shape index (κ2) is 5.61. The molecule has 0 radical (unpaired) electrons. The van der Waals surface area contributed by atoms with Gasteiger partial charge in [-0.05, 0) is 31.6 Å². The highest BCUT2D eigenvalue weighted by Gasteiger charge is 2.47. The van der Waals surface area contributed by atoms with E-state index in [1.807, 2.05) is 6.92 Å². The van der Waals surface area contributed by atoms with E-state index < -0.39 is 5.41 Å². The summed E-state index contributed by atoms with van der Waals surface area (Å²) < 4.78 is 5.55. The van der Waals surface area contributed by atoms with E-state index in [9.17, 15) is 9.59 Å². The first kappa shape index (κ1) is 14.5. The van der Waals surface area contributed by atoms with Gasteiger partial charge in [0.1, 0.15) is 0 Å². The molecular formula is C15H25NO3. The van der Waals surface area contributed by atoms with E-state index in [2.05, 4.69) is 13.8 Å². The average molecular weight is 267 g/mol. The number of ether oxygens (including phenoxy) is 1. The van der Waals surface area contributed by atoms with Crippen molar-refractivity contribution < 1.29 is 14.3 Å². The van der Waals surface area contributed by atoms with Crippen LogP contribution in [0.5, 0.6) is 0 Å². The maximum atomic E-state index is 12.4. The summed E-state index contributed by atoms with van der Waals surface area (Å²) in [5.74, 6) is 0.440. The third-order valence-corrected chi connectivity index (χ3v) is 4.16. The highest BCUT2D eigenvalue weighted by molar-refractivity contribution is 6.05. The van der Waals surface area contributed by atoms with Gasteiger partial charge in [0.15, 0.2) is 0 Å². The molecule has 19 heavy (non-hydrogen) atoms. The van der Waals surface area contributed by atoms with Crippen LogP contribution in [-0.4, -0.2) is 36.0 Å². The third kappa shape index (κ3) is 3.16. The summed E-state index contributed by atoms with van der Waals surface area (Å²) >= 11 is 0. The molecule has 0 aromatic rings. The van der Waals surface area contributed by atoms with E-state index in [4.69, 9.17) is 4.74 Å². The van der Waals surface area contributed by atoms with E-state index in [1.54, 1.807) is 0 Å². The van der Waals surface area contributed by atoms with Crippen molar-refractivity contribution in [2.24, 2.45) is 11.3 Å². The van der Waals surface area contributed by atoms with Crippen LogP contribution in [0.25, 0.3) is 0 Å². The zero-order chi connectivity index (χ0) is 14.0. The highest BCUT2D eigenvalue weighted by atomic mass is 16.5. The number of hydrogen-bond acceptors (Lipinski definition) is 3. The number of imide groups is 1. The van der Waals surface area contributed by atoms with Gasteiger partial charge in [-0.3, -0.25) is 14.5 Å². The standard InChI is InChI=1S/C15H25NO3/c1-11(2)9-15(3)10-13(17)16(14(15)18)7-6-12-5-4-8-19-12/h11-12H,4-10H2,1-3H3/t12-,15+/m0/s1. The summed E-state index contributed by atoms with van der Waals surface area (Å²) in [5.41, 5.74) is -0.484. The molecule has 4 nitrogen and oxygen atoms in total. The molecule has 2 rings (SSSR count). The quantitative estimate of drug-likeness (QED) is 0.718. The van der Waals surface area contributed by atoms with Gasteiger partial charge in [-0.15, -0.1) is 0 Å². The van der Waals surface area contributed by atoms with E-state index >= 15 is 0 Å². The maximum absolute atomic E-state index is 12.4. The number of likely N-dealkylation sites (tertiary alicyclic amines) is 1. The Morgan fingerprint density at radius 1 is 1.42 bits per heavy atom. The number of carbonyl (C=O) groups is 2. The summed E-state index contributed by atoms with van der Waals surface area (Å²) in [6, 6.07) is 0. The van der Waals surface area contributed by atoms with Crippen LogP contribution < -0.4 is 0 Å². The van der Waals surface area contributed by atoms with Crippen molar-refractivity contribution in [1.82, 2.24) is 4.90 Å². The van der Waals surface area contributed by atoms with Gasteiger partial charge < -0.3 is 4.74 Å². The van der Waals surface area contributed by atoms with Crippen LogP contribution in [0.4, 0.5) is 0 Å². The van der Waals surface area contributed by atoms with Gasteiger partial charge in [0, 0.05) is 19.6 Å². The lowest BCUT2D eigenvalue weighted by atomic mass is 9.80. The molecule has 2 atom stereocenters. The molecule has 0 saturated carbocycles. The first-order valence-electron chi connectivity index (χ1n) is 7.39. The Kier molecular flexibility index (Phi) is 4.29. The number of hydrogen-bond donors (Lipinski definition) is 0. The van der Waals surface area contributed by atoms with Crippen molar-refractivity contribution in [3.8, 4) is 0 Å². The largest absolute Gasteiger partial charge is 0.378 e. The number of nitrogens with zero attached hydrogens (tertiary/aromatic N) is 1. The van der Waals surface area contributed by atoms with Gasteiger partial charge in [0.25, 0.3) is 0 Å². The molecule has 4 heteroatoms. The number of rotatable bonds is 5. The van der Waals surface area contributed by atoms with Gasteiger partial charge in [0.05, 0.1) is 11.5 Å². The molecule has 0 bridgehead atoms. The Hall–Kier alpha value is -0.900. The molecule has 0 unspecified atom stereocenters. The van der Waals surface area contributed by atoms with Crippen LogP contribution >= 0.6 is 0 Å². The predicted octanol–water partition coefficient (Wildman–Crippen LogP) is 2.37. The molecule has 2 fully saturated rings. The summed E-state index contributed by atoms with van der Waals surface area (Å²) in [7, 11) is 0. The van der Waals surface area contributed by atoms with Crippen molar-refractivity contribution in [3.63, 3.8) is 0 Å². The molecule has 0 N–H and O–H groups in total. The van der Waals surface area contributed by atoms with Crippen molar-refractivity contribution in [2.45, 2.75) is 59.0 Å². The minimum Gasteiger partial charge on any atom is -0.378 e. The van der Waals surface area contributed by atoms with Crippen molar-refractivity contribution in [2.75, 3.05) is 13.2 Å². The molecule has 0 aromatic heterocycles. The molecule has 2 aliphatic rings. The van der Waals surface area contributed by atoms with Gasteiger partial charge in [-0.2, -0.15) is 0 Å². The Morgan fingerprint density at radius 2 is 2.16 bits per heavy atom. The minimum absolute atomic E-state index is 0.00820. The highest BCUT2D eigenvalue weighted by Crippen LogP contribution is 2.38. The lowest BCUT2D eigenvalue weighted by molar-refractivity contribution is -0.141. The molecule has 2 heterocycles. The van der Waals surface area contributed by atoms with Gasteiger partial charge in [-0.1, -0.05) is 20.8 Å². The second-order valence-corrected chi connectivity index (χ2v) is 6.61. The predicted molar refractivity (Wildman–Crippen MR) is 72.5 cm³/mol. The Morgan fingerprint density at radius 3 is 2.74 bits per heavy atom. The molecule has 0 aromatic carbocycles. The average Bonchev–Trinajstić information content (AvgIpc) is 2.86. The Labute approximate surface area is 115 Å². The van der Waals surface area contributed by atoms with E-state index in [1.165, 1.54) is 4.90 Å². The van der Waals surface area contributed by atoms with Crippen molar-refractivity contribution >= 4 is 11.8 Å². The smallest absolute Gasteiger partial charge is 0.235 e. The van der Waals surface area contributed by atoms with Crippen LogP contribution in [0.2, 0.25) is 0 Å². The van der Waals surface area contributed by atoms with Crippen LogP contribution in [-0.2, 0) is 14.3 Å². The molecule has 2 saturated heterocycles. The van der Waals surface area contributed by atoms with Crippen LogP contribution in [0.1, 0.15) is 52.9 Å². The van der Waals surface area contributed by atoms with Gasteiger partial charge in [0.2, 0.25) is 11.8 Å². The van der Waals surface area contributed by atoms with E-state index in [0.29, 0.717) is 18.9 Å². The topological polar surface area (TPSA) is 46.6 Å². The van der Waals surface area contributed by atoms with Crippen LogP contribution in [0.3, 0.4) is 0 Å². The van der Waals surface area contributed by atoms with Crippen molar-refractivity contribution in [1.29, 1.82) is 0 Å². The van der Waals surface area contributed by atoms with Gasteiger partial charge in [-0.25, -0.2) is 0 Å². The molecule has 0 spiro atoms. The summed E-state index contributed by atoms with van der Waals surface area (Å²) in [6.07, 6.45) is 4.33. The summed E-state index contributed by atoms with van der Waals surface area (Å²) in [5, 5.41) is 0. The maximum Gasteiger partial charge on any atom is 0.235 e.